The van der Waals surface area contributed by atoms with Crippen molar-refractivity contribution in [3.63, 3.8) is 0 Å². The van der Waals surface area contributed by atoms with Gasteiger partial charge < -0.3 is 14.4 Å². The van der Waals surface area contributed by atoms with Crippen molar-refractivity contribution in [2.45, 2.75) is 116 Å². The van der Waals surface area contributed by atoms with Crippen LogP contribution in [0.4, 0.5) is 0 Å². The topological polar surface area (TPSA) is 170 Å². The van der Waals surface area contributed by atoms with E-state index in [-0.39, 0.29) is 55.9 Å². The zero-order valence-corrected chi connectivity index (χ0v) is 40.1. The Morgan fingerprint density at radius 1 is 1.06 bits per heavy atom. The van der Waals surface area contributed by atoms with Crippen LogP contribution in [0.2, 0.25) is 0 Å². The quantitative estimate of drug-likeness (QED) is 0.121. The number of nitrogens with zero attached hydrogens (tertiary/aromatic N) is 5. The van der Waals surface area contributed by atoms with Crippen LogP contribution >= 0.6 is 27.3 Å². The highest BCUT2D eigenvalue weighted by atomic mass is 79.9. The molecule has 1 aliphatic carbocycles. The third kappa shape index (κ3) is 10.4. The van der Waals surface area contributed by atoms with Crippen LogP contribution in [-0.2, 0) is 34.1 Å². The highest BCUT2D eigenvalue weighted by Gasteiger charge is 2.61. The lowest BCUT2D eigenvalue weighted by Crippen LogP contribution is -2.47. The highest BCUT2D eigenvalue weighted by molar-refractivity contribution is 9.10. The molecule has 338 valence electrons. The SMILES string of the molecule is CC(C)n1c(O[C@@H]2C[C@H]3C(=O)C[C@]4(C(=O)NS(=O)(=O)N(C)C)C[C@H]4/C=C\CCCCC[C@H](CC(=O)OC(C)(C)C)C(=O)N3C2)nc2c(-c3nc(-c4ccc(Br)cc4)cs3)cccc21. The van der Waals surface area contributed by atoms with Crippen LogP contribution in [0.3, 0.4) is 0 Å². The van der Waals surface area contributed by atoms with Gasteiger partial charge >= 0.3 is 16.2 Å². The summed E-state index contributed by atoms with van der Waals surface area (Å²) in [6.07, 6.45) is 6.63. The predicted molar refractivity (Wildman–Crippen MR) is 246 cm³/mol. The molecule has 2 fully saturated rings. The number of fused-ring (bicyclic) bond motifs is 3. The van der Waals surface area contributed by atoms with E-state index in [0.717, 1.165) is 55.4 Å². The van der Waals surface area contributed by atoms with Crippen molar-refractivity contribution in [2.24, 2.45) is 17.3 Å². The van der Waals surface area contributed by atoms with Crippen molar-refractivity contribution in [3.8, 4) is 27.8 Å². The normalized spacial score (nSPS) is 24.1. The zero-order valence-electron chi connectivity index (χ0n) is 36.9. The van der Waals surface area contributed by atoms with Crippen molar-refractivity contribution in [2.75, 3.05) is 20.6 Å². The lowest BCUT2D eigenvalue weighted by molar-refractivity contribution is -0.159. The second-order valence-corrected chi connectivity index (χ2v) is 22.1. The lowest BCUT2D eigenvalue weighted by Gasteiger charge is -2.29. The largest absolute Gasteiger partial charge is 0.460 e. The molecule has 4 aromatic rings. The summed E-state index contributed by atoms with van der Waals surface area (Å²) in [5.74, 6) is -3.09. The molecule has 17 heteroatoms. The summed E-state index contributed by atoms with van der Waals surface area (Å²) in [7, 11) is -1.50. The Kier molecular flexibility index (Phi) is 13.7. The Hall–Kier alpha value is -4.45. The van der Waals surface area contributed by atoms with Gasteiger partial charge in [-0.2, -0.15) is 17.7 Å². The summed E-state index contributed by atoms with van der Waals surface area (Å²) in [5.41, 5.74) is 2.15. The van der Waals surface area contributed by atoms with Gasteiger partial charge in [0.25, 0.3) is 6.01 Å². The van der Waals surface area contributed by atoms with Gasteiger partial charge in [-0.1, -0.05) is 59.1 Å². The minimum Gasteiger partial charge on any atom is -0.460 e. The lowest BCUT2D eigenvalue weighted by atomic mass is 9.90. The van der Waals surface area contributed by atoms with Gasteiger partial charge in [0.1, 0.15) is 22.2 Å². The first-order valence-corrected chi connectivity index (χ1v) is 24.7. The molecule has 0 bridgehead atoms. The molecule has 1 saturated heterocycles. The molecule has 14 nitrogen and oxygen atoms in total. The van der Waals surface area contributed by atoms with E-state index in [1.165, 1.54) is 30.3 Å². The Balaban J connectivity index is 1.23. The van der Waals surface area contributed by atoms with Crippen LogP contribution in [0.5, 0.6) is 6.01 Å². The number of aromatic nitrogens is 3. The molecule has 1 N–H and O–H groups in total. The maximum absolute atomic E-state index is 14.8. The van der Waals surface area contributed by atoms with E-state index in [2.05, 4.69) is 20.7 Å². The fourth-order valence-electron chi connectivity index (χ4n) is 8.67. The maximum atomic E-state index is 14.8. The number of para-hydroxylation sites is 1. The minimum absolute atomic E-state index is 0.0365. The number of hydrogen-bond donors (Lipinski definition) is 1. The average Bonchev–Trinajstić information content (AvgIpc) is 3.55. The number of halogens is 1. The van der Waals surface area contributed by atoms with Gasteiger partial charge in [0.05, 0.1) is 35.6 Å². The van der Waals surface area contributed by atoms with Crippen molar-refractivity contribution < 1.29 is 37.1 Å². The highest BCUT2D eigenvalue weighted by Crippen LogP contribution is 2.57. The summed E-state index contributed by atoms with van der Waals surface area (Å²) in [5, 5.41) is 2.81. The first kappa shape index (κ1) is 46.5. The third-order valence-electron chi connectivity index (χ3n) is 12.0. The summed E-state index contributed by atoms with van der Waals surface area (Å²) < 4.78 is 44.2. The van der Waals surface area contributed by atoms with Crippen LogP contribution in [-0.4, -0.2) is 94.1 Å². The molecule has 0 radical (unpaired) electrons. The second kappa shape index (κ2) is 18.6. The molecule has 5 atom stereocenters. The van der Waals surface area contributed by atoms with E-state index >= 15 is 0 Å². The number of imidazole rings is 1. The third-order valence-corrected chi connectivity index (χ3v) is 14.8. The molecule has 2 aromatic heterocycles. The van der Waals surface area contributed by atoms with Crippen molar-refractivity contribution >= 4 is 72.1 Å². The summed E-state index contributed by atoms with van der Waals surface area (Å²) in [6, 6.07) is 13.2. The maximum Gasteiger partial charge on any atom is 0.307 e. The van der Waals surface area contributed by atoms with E-state index in [0.29, 0.717) is 24.4 Å². The number of amides is 2. The molecule has 63 heavy (non-hydrogen) atoms. The van der Waals surface area contributed by atoms with Crippen molar-refractivity contribution in [3.05, 3.63) is 64.5 Å². The monoisotopic (exact) mass is 964 g/mol. The standard InChI is InChI=1S/C46H57BrN6O8S2/c1-28(2)53-36-17-13-16-34(41-48-35(27-62-41)29-18-20-32(47)21-19-29)40(36)49-44(53)60-33-23-37-38(54)25-46(43(57)50-63(58,59)51(6)7)24-31(46)15-12-10-8-9-11-14-30(42(56)52(37)26-33)22-39(55)61-45(3,4)5/h12-13,15-21,27-28,30-31,33,37H,8-11,14,22-26H2,1-7H3,(H,50,57)/b15-12-/t30-,31-,33-,37+,46-/m1/s1. The summed E-state index contributed by atoms with van der Waals surface area (Å²) >= 11 is 5.02. The van der Waals surface area contributed by atoms with Crippen LogP contribution in [0.15, 0.2) is 64.5 Å². The first-order chi connectivity index (χ1) is 29.8. The number of ketones is 1. The Morgan fingerprint density at radius 3 is 2.51 bits per heavy atom. The van der Waals surface area contributed by atoms with Crippen LogP contribution in [0.1, 0.15) is 98.4 Å². The number of rotatable bonds is 10. The number of nitrogens with one attached hydrogen (secondary N) is 1. The van der Waals surface area contributed by atoms with E-state index in [1.807, 2.05) is 78.4 Å². The van der Waals surface area contributed by atoms with Gasteiger partial charge in [0.2, 0.25) is 11.8 Å². The predicted octanol–water partition coefficient (Wildman–Crippen LogP) is 8.27. The molecule has 2 aliphatic heterocycles. The number of thiazole rings is 1. The van der Waals surface area contributed by atoms with E-state index in [1.54, 1.807) is 20.8 Å². The van der Waals surface area contributed by atoms with Crippen molar-refractivity contribution in [1.29, 1.82) is 0 Å². The molecule has 0 unspecified atom stereocenters. The Labute approximate surface area is 382 Å². The Bertz CT molecular complexity index is 2510. The molecule has 0 spiro atoms. The number of benzene rings is 2. The first-order valence-electron chi connectivity index (χ1n) is 21.6. The fraction of sp³-hybridized carbons (Fsp3) is 0.522. The molecule has 3 aliphatic rings. The van der Waals surface area contributed by atoms with E-state index < -0.39 is 51.2 Å². The average molecular weight is 966 g/mol. The number of allylic oxidation sites excluding steroid dienone is 2. The van der Waals surface area contributed by atoms with Gasteiger partial charge in [-0.25, -0.2) is 9.71 Å². The second-order valence-electron chi connectivity index (χ2n) is 18.4. The van der Waals surface area contributed by atoms with Gasteiger partial charge in [0, 0.05) is 59.9 Å². The van der Waals surface area contributed by atoms with Gasteiger partial charge in [0.15, 0.2) is 5.78 Å². The molecular weight excluding hydrogens is 909 g/mol. The van der Waals surface area contributed by atoms with Crippen LogP contribution in [0, 0.1) is 17.3 Å². The number of ether oxygens (including phenoxy) is 2. The molecule has 1 saturated carbocycles. The number of carbonyl (C=O) groups excluding carboxylic acids is 4. The van der Waals surface area contributed by atoms with E-state index in [4.69, 9.17) is 19.4 Å². The van der Waals surface area contributed by atoms with Gasteiger partial charge in [-0.15, -0.1) is 11.3 Å². The number of hydrogen-bond acceptors (Lipinski definition) is 11. The number of esters is 1. The smallest absolute Gasteiger partial charge is 0.307 e. The van der Waals surface area contributed by atoms with Gasteiger partial charge in [-0.3, -0.25) is 23.7 Å². The number of carbonyl (C=O) groups is 4. The molecule has 2 amide bonds. The van der Waals surface area contributed by atoms with Crippen LogP contribution in [0.25, 0.3) is 32.9 Å². The van der Waals surface area contributed by atoms with Gasteiger partial charge in [-0.05, 0) is 90.5 Å². The molecule has 2 aromatic carbocycles. The summed E-state index contributed by atoms with van der Waals surface area (Å²) in [4.78, 5) is 68.3. The van der Waals surface area contributed by atoms with Crippen LogP contribution < -0.4 is 9.46 Å². The summed E-state index contributed by atoms with van der Waals surface area (Å²) in [6.45, 7) is 9.43. The number of Topliss-reactive ketones (excluding diaryl/α,β-unsaturated/α-hetero) is 1. The Morgan fingerprint density at radius 2 is 1.81 bits per heavy atom. The molecule has 4 heterocycles. The van der Waals surface area contributed by atoms with E-state index in [9.17, 15) is 27.6 Å². The molecular formula is C46H57BrN6O8S2. The van der Waals surface area contributed by atoms with Crippen molar-refractivity contribution in [1.82, 2.24) is 28.5 Å². The molecule has 7 rings (SSSR count). The zero-order chi connectivity index (χ0) is 45.4. The minimum atomic E-state index is -4.14. The fourth-order valence-corrected chi connectivity index (χ4v) is 10.4.